The Labute approximate surface area is 127 Å². The SMILES string of the molecule is CC(C)N(C)CCCNC(=O)COc1ccc(CN)cc1. The lowest BCUT2D eigenvalue weighted by Crippen LogP contribution is -2.33. The first-order chi connectivity index (χ1) is 10.0. The highest BCUT2D eigenvalue weighted by Gasteiger charge is 2.04. The lowest BCUT2D eigenvalue weighted by atomic mass is 10.2. The first-order valence-corrected chi connectivity index (χ1v) is 7.41. The molecule has 0 radical (unpaired) electrons. The molecule has 118 valence electrons. The molecule has 0 heterocycles. The van der Waals surface area contributed by atoms with Gasteiger partial charge in [0.2, 0.25) is 0 Å². The molecule has 0 aliphatic heterocycles. The zero-order chi connectivity index (χ0) is 15.7. The molecule has 0 saturated carbocycles. The third-order valence-corrected chi connectivity index (χ3v) is 3.42. The summed E-state index contributed by atoms with van der Waals surface area (Å²) in [7, 11) is 2.08. The number of carbonyl (C=O) groups excluding carboxylic acids is 1. The minimum Gasteiger partial charge on any atom is -0.484 e. The van der Waals surface area contributed by atoms with Gasteiger partial charge in [-0.15, -0.1) is 0 Å². The molecule has 0 aromatic heterocycles. The Morgan fingerprint density at radius 2 is 2.00 bits per heavy atom. The van der Waals surface area contributed by atoms with Crippen molar-refractivity contribution in [1.82, 2.24) is 10.2 Å². The van der Waals surface area contributed by atoms with Gasteiger partial charge in [-0.3, -0.25) is 4.79 Å². The number of carbonyl (C=O) groups is 1. The Hall–Kier alpha value is -1.59. The first-order valence-electron chi connectivity index (χ1n) is 7.41. The lowest BCUT2D eigenvalue weighted by molar-refractivity contribution is -0.123. The van der Waals surface area contributed by atoms with Crippen LogP contribution in [0.5, 0.6) is 5.75 Å². The summed E-state index contributed by atoms with van der Waals surface area (Å²) in [5.74, 6) is 0.590. The summed E-state index contributed by atoms with van der Waals surface area (Å²) in [5, 5.41) is 2.86. The maximum atomic E-state index is 11.6. The molecular formula is C16H27N3O2. The number of hydrogen-bond acceptors (Lipinski definition) is 4. The number of ether oxygens (including phenoxy) is 1. The number of nitrogens with zero attached hydrogens (tertiary/aromatic N) is 1. The van der Waals surface area contributed by atoms with Gasteiger partial charge in [0.15, 0.2) is 6.61 Å². The molecule has 1 aromatic rings. The van der Waals surface area contributed by atoms with Crippen molar-refractivity contribution in [2.45, 2.75) is 32.9 Å². The van der Waals surface area contributed by atoms with Gasteiger partial charge in [-0.05, 0) is 51.6 Å². The van der Waals surface area contributed by atoms with E-state index in [2.05, 4.69) is 31.1 Å². The monoisotopic (exact) mass is 293 g/mol. The Kier molecular flexibility index (Phi) is 7.79. The Morgan fingerprint density at radius 1 is 1.33 bits per heavy atom. The summed E-state index contributed by atoms with van der Waals surface area (Å²) >= 11 is 0. The van der Waals surface area contributed by atoms with Crippen molar-refractivity contribution in [1.29, 1.82) is 0 Å². The summed E-state index contributed by atoms with van der Waals surface area (Å²) in [4.78, 5) is 13.9. The van der Waals surface area contributed by atoms with Crippen molar-refractivity contribution in [2.75, 3.05) is 26.7 Å². The van der Waals surface area contributed by atoms with Gasteiger partial charge in [0.05, 0.1) is 0 Å². The second kappa shape index (κ2) is 9.37. The van der Waals surface area contributed by atoms with Crippen LogP contribution in [0.15, 0.2) is 24.3 Å². The van der Waals surface area contributed by atoms with Crippen LogP contribution in [0.3, 0.4) is 0 Å². The maximum Gasteiger partial charge on any atom is 0.257 e. The third-order valence-electron chi connectivity index (χ3n) is 3.42. The number of hydrogen-bond donors (Lipinski definition) is 2. The van der Waals surface area contributed by atoms with E-state index in [1.54, 1.807) is 0 Å². The van der Waals surface area contributed by atoms with Crippen LogP contribution in [0.4, 0.5) is 0 Å². The summed E-state index contributed by atoms with van der Waals surface area (Å²) < 4.78 is 5.42. The lowest BCUT2D eigenvalue weighted by Gasteiger charge is -2.20. The largest absolute Gasteiger partial charge is 0.484 e. The van der Waals surface area contributed by atoms with Crippen LogP contribution in [0.2, 0.25) is 0 Å². The number of benzene rings is 1. The first kappa shape index (κ1) is 17.5. The van der Waals surface area contributed by atoms with E-state index in [-0.39, 0.29) is 12.5 Å². The van der Waals surface area contributed by atoms with Crippen molar-refractivity contribution >= 4 is 5.91 Å². The number of rotatable bonds is 9. The second-order valence-corrected chi connectivity index (χ2v) is 5.41. The van der Waals surface area contributed by atoms with E-state index in [0.29, 0.717) is 24.9 Å². The molecule has 0 atom stereocenters. The molecule has 0 spiro atoms. The molecule has 3 N–H and O–H groups in total. The van der Waals surface area contributed by atoms with Crippen molar-refractivity contribution in [2.24, 2.45) is 5.73 Å². The van der Waals surface area contributed by atoms with Gasteiger partial charge < -0.3 is 20.7 Å². The number of amides is 1. The van der Waals surface area contributed by atoms with E-state index in [0.717, 1.165) is 18.5 Å². The molecule has 1 aromatic carbocycles. The number of nitrogens with one attached hydrogen (secondary N) is 1. The zero-order valence-corrected chi connectivity index (χ0v) is 13.3. The van der Waals surface area contributed by atoms with Gasteiger partial charge in [0.25, 0.3) is 5.91 Å². The smallest absolute Gasteiger partial charge is 0.257 e. The third kappa shape index (κ3) is 7.11. The standard InChI is InChI=1S/C16H27N3O2/c1-13(2)19(3)10-4-9-18-16(20)12-21-15-7-5-14(11-17)6-8-15/h5-8,13H,4,9-12,17H2,1-3H3,(H,18,20). The van der Waals surface area contributed by atoms with Crippen LogP contribution < -0.4 is 15.8 Å². The van der Waals surface area contributed by atoms with E-state index >= 15 is 0 Å². The quantitative estimate of drug-likeness (QED) is 0.675. The molecule has 21 heavy (non-hydrogen) atoms. The second-order valence-electron chi connectivity index (χ2n) is 5.41. The van der Waals surface area contributed by atoms with E-state index in [1.807, 2.05) is 24.3 Å². The fourth-order valence-electron chi connectivity index (χ4n) is 1.74. The van der Waals surface area contributed by atoms with Crippen LogP contribution in [0.25, 0.3) is 0 Å². The van der Waals surface area contributed by atoms with Crippen molar-refractivity contribution in [3.8, 4) is 5.75 Å². The van der Waals surface area contributed by atoms with Gasteiger partial charge in [-0.1, -0.05) is 12.1 Å². The van der Waals surface area contributed by atoms with Crippen LogP contribution in [-0.4, -0.2) is 43.6 Å². The molecule has 0 bridgehead atoms. The van der Waals surface area contributed by atoms with Gasteiger partial charge in [-0.2, -0.15) is 0 Å². The van der Waals surface area contributed by atoms with Gasteiger partial charge in [0, 0.05) is 19.1 Å². The average Bonchev–Trinajstić information content (AvgIpc) is 2.49. The van der Waals surface area contributed by atoms with Crippen LogP contribution in [0.1, 0.15) is 25.8 Å². The molecule has 5 heteroatoms. The number of nitrogens with two attached hydrogens (primary N) is 1. The van der Waals surface area contributed by atoms with E-state index < -0.39 is 0 Å². The van der Waals surface area contributed by atoms with Crippen LogP contribution in [-0.2, 0) is 11.3 Å². The zero-order valence-electron chi connectivity index (χ0n) is 13.3. The summed E-state index contributed by atoms with van der Waals surface area (Å²) in [6.07, 6.45) is 0.936. The van der Waals surface area contributed by atoms with E-state index in [4.69, 9.17) is 10.5 Å². The maximum absolute atomic E-state index is 11.6. The highest BCUT2D eigenvalue weighted by atomic mass is 16.5. The fourth-order valence-corrected chi connectivity index (χ4v) is 1.74. The fraction of sp³-hybridized carbons (Fsp3) is 0.562. The van der Waals surface area contributed by atoms with Gasteiger partial charge in [-0.25, -0.2) is 0 Å². The Balaban J connectivity index is 2.16. The molecule has 5 nitrogen and oxygen atoms in total. The molecule has 0 aliphatic rings. The van der Waals surface area contributed by atoms with E-state index in [1.165, 1.54) is 0 Å². The highest BCUT2D eigenvalue weighted by Crippen LogP contribution is 2.11. The summed E-state index contributed by atoms with van der Waals surface area (Å²) in [5.41, 5.74) is 6.56. The Bertz CT molecular complexity index is 418. The molecule has 0 fully saturated rings. The summed E-state index contributed by atoms with van der Waals surface area (Å²) in [6, 6.07) is 7.98. The minimum absolute atomic E-state index is 0.0436. The summed E-state index contributed by atoms with van der Waals surface area (Å²) in [6.45, 7) is 6.50. The van der Waals surface area contributed by atoms with Crippen molar-refractivity contribution in [3.05, 3.63) is 29.8 Å². The molecule has 1 amide bonds. The van der Waals surface area contributed by atoms with Crippen molar-refractivity contribution < 1.29 is 9.53 Å². The minimum atomic E-state index is -0.0925. The molecule has 0 unspecified atom stereocenters. The highest BCUT2D eigenvalue weighted by molar-refractivity contribution is 5.77. The van der Waals surface area contributed by atoms with Crippen molar-refractivity contribution in [3.63, 3.8) is 0 Å². The normalized spacial score (nSPS) is 11.0. The molecular weight excluding hydrogens is 266 g/mol. The Morgan fingerprint density at radius 3 is 2.57 bits per heavy atom. The van der Waals surface area contributed by atoms with Gasteiger partial charge in [0.1, 0.15) is 5.75 Å². The van der Waals surface area contributed by atoms with Gasteiger partial charge >= 0.3 is 0 Å². The van der Waals surface area contributed by atoms with Crippen LogP contribution in [0, 0.1) is 0 Å². The molecule has 1 rings (SSSR count). The molecule has 0 aliphatic carbocycles. The predicted octanol–water partition coefficient (Wildman–Crippen LogP) is 1.37. The average molecular weight is 293 g/mol. The predicted molar refractivity (Wildman–Crippen MR) is 85.2 cm³/mol. The van der Waals surface area contributed by atoms with E-state index in [9.17, 15) is 4.79 Å². The molecule has 0 saturated heterocycles. The topological polar surface area (TPSA) is 67.6 Å². The van der Waals surface area contributed by atoms with Crippen LogP contribution >= 0.6 is 0 Å².